The number of esters is 1. The number of benzene rings is 2. The van der Waals surface area contributed by atoms with Crippen LogP contribution in [0.5, 0.6) is 0 Å². The molecule has 0 fully saturated rings. The zero-order chi connectivity index (χ0) is 18.0. The molecule has 1 aliphatic rings. The third-order valence-corrected chi connectivity index (χ3v) is 4.13. The SMILES string of the molecule is CC(=O)OCC1(c2ccccc2)Nc2ccccc2C(=O)N1C(C)=O. The fourth-order valence-electron chi connectivity index (χ4n) is 3.07. The first-order valence-corrected chi connectivity index (χ1v) is 7.87. The molecule has 25 heavy (non-hydrogen) atoms. The molecule has 0 aliphatic carbocycles. The van der Waals surface area contributed by atoms with Gasteiger partial charge in [0, 0.05) is 25.1 Å². The molecule has 6 heteroatoms. The Hall–Kier alpha value is -3.15. The zero-order valence-electron chi connectivity index (χ0n) is 14.0. The molecule has 1 aliphatic heterocycles. The van der Waals surface area contributed by atoms with E-state index in [-0.39, 0.29) is 6.61 Å². The smallest absolute Gasteiger partial charge is 0.302 e. The van der Waals surface area contributed by atoms with Gasteiger partial charge in [0.15, 0.2) is 5.66 Å². The minimum absolute atomic E-state index is 0.188. The highest BCUT2D eigenvalue weighted by Gasteiger charge is 2.49. The van der Waals surface area contributed by atoms with Gasteiger partial charge in [0.2, 0.25) is 5.91 Å². The zero-order valence-corrected chi connectivity index (χ0v) is 14.0. The molecule has 0 saturated carbocycles. The van der Waals surface area contributed by atoms with E-state index in [2.05, 4.69) is 5.32 Å². The molecule has 2 amide bonds. The fraction of sp³-hybridized carbons (Fsp3) is 0.211. The van der Waals surface area contributed by atoms with Gasteiger partial charge in [-0.25, -0.2) is 4.90 Å². The number of para-hydroxylation sites is 1. The molecule has 0 saturated heterocycles. The Bertz CT molecular complexity index is 834. The number of fused-ring (bicyclic) bond motifs is 1. The number of hydrogen-bond donors (Lipinski definition) is 1. The van der Waals surface area contributed by atoms with Crippen LogP contribution >= 0.6 is 0 Å². The maximum Gasteiger partial charge on any atom is 0.302 e. The van der Waals surface area contributed by atoms with Crippen molar-refractivity contribution in [1.82, 2.24) is 4.90 Å². The second-order valence-corrected chi connectivity index (χ2v) is 5.84. The summed E-state index contributed by atoms with van der Waals surface area (Å²) in [5.74, 6) is -1.37. The molecule has 0 spiro atoms. The predicted octanol–water partition coefficient (Wildman–Crippen LogP) is 2.52. The Labute approximate surface area is 145 Å². The molecular formula is C19H18N2O4. The molecule has 1 unspecified atom stereocenters. The van der Waals surface area contributed by atoms with Gasteiger partial charge >= 0.3 is 5.97 Å². The first-order valence-electron chi connectivity index (χ1n) is 7.87. The average molecular weight is 338 g/mol. The normalized spacial score (nSPS) is 19.0. The summed E-state index contributed by atoms with van der Waals surface area (Å²) in [6, 6.07) is 16.0. The Kier molecular flexibility index (Phi) is 4.27. The number of carbonyl (C=O) groups excluding carboxylic acids is 3. The first-order chi connectivity index (χ1) is 12.0. The Morgan fingerprint density at radius 1 is 1.04 bits per heavy atom. The highest BCUT2D eigenvalue weighted by atomic mass is 16.5. The highest BCUT2D eigenvalue weighted by Crippen LogP contribution is 2.38. The summed E-state index contributed by atoms with van der Waals surface area (Å²) in [7, 11) is 0. The summed E-state index contributed by atoms with van der Waals surface area (Å²) in [5.41, 5.74) is 0.326. The van der Waals surface area contributed by atoms with Crippen molar-refractivity contribution in [2.24, 2.45) is 0 Å². The quantitative estimate of drug-likeness (QED) is 0.871. The number of imide groups is 1. The monoisotopic (exact) mass is 338 g/mol. The number of carbonyl (C=O) groups is 3. The summed E-state index contributed by atoms with van der Waals surface area (Å²) in [4.78, 5) is 37.9. The number of anilines is 1. The molecule has 6 nitrogen and oxygen atoms in total. The number of nitrogens with zero attached hydrogens (tertiary/aromatic N) is 1. The predicted molar refractivity (Wildman–Crippen MR) is 91.7 cm³/mol. The van der Waals surface area contributed by atoms with Crippen LogP contribution in [0.3, 0.4) is 0 Å². The second-order valence-electron chi connectivity index (χ2n) is 5.84. The van der Waals surface area contributed by atoms with E-state index in [9.17, 15) is 14.4 Å². The van der Waals surface area contributed by atoms with Crippen molar-refractivity contribution < 1.29 is 19.1 Å². The lowest BCUT2D eigenvalue weighted by Crippen LogP contribution is -2.61. The largest absolute Gasteiger partial charge is 0.461 e. The van der Waals surface area contributed by atoms with E-state index in [4.69, 9.17) is 4.74 Å². The van der Waals surface area contributed by atoms with E-state index in [1.165, 1.54) is 13.8 Å². The van der Waals surface area contributed by atoms with Crippen molar-refractivity contribution in [2.75, 3.05) is 11.9 Å². The standard InChI is InChI=1S/C19H18N2O4/c1-13(22)21-18(24)16-10-6-7-11-17(16)20-19(21,12-25-14(2)23)15-8-4-3-5-9-15/h3-11,20H,12H2,1-2H3. The summed E-state index contributed by atoms with van der Waals surface area (Å²) in [6.07, 6.45) is 0. The van der Waals surface area contributed by atoms with E-state index in [0.29, 0.717) is 16.8 Å². The van der Waals surface area contributed by atoms with E-state index in [1.807, 2.05) is 6.07 Å². The van der Waals surface area contributed by atoms with Gasteiger partial charge in [0.25, 0.3) is 5.91 Å². The van der Waals surface area contributed by atoms with Crippen molar-refractivity contribution >= 4 is 23.5 Å². The molecule has 1 atom stereocenters. The van der Waals surface area contributed by atoms with Gasteiger partial charge in [0.1, 0.15) is 6.61 Å². The molecule has 1 N–H and O–H groups in total. The highest BCUT2D eigenvalue weighted by molar-refractivity contribution is 6.10. The Balaban J connectivity index is 2.22. The van der Waals surface area contributed by atoms with Crippen LogP contribution in [0.1, 0.15) is 29.8 Å². The maximum atomic E-state index is 13.0. The van der Waals surface area contributed by atoms with Gasteiger partial charge in [-0.2, -0.15) is 0 Å². The lowest BCUT2D eigenvalue weighted by atomic mass is 9.92. The minimum Gasteiger partial charge on any atom is -0.461 e. The van der Waals surface area contributed by atoms with E-state index in [1.54, 1.807) is 48.5 Å². The molecule has 2 aromatic carbocycles. The summed E-state index contributed by atoms with van der Waals surface area (Å²) in [6.45, 7) is 2.42. The van der Waals surface area contributed by atoms with Gasteiger partial charge in [-0.1, -0.05) is 42.5 Å². The summed E-state index contributed by atoms with van der Waals surface area (Å²) >= 11 is 0. The van der Waals surface area contributed by atoms with Gasteiger partial charge in [-0.05, 0) is 12.1 Å². The van der Waals surface area contributed by atoms with Crippen LogP contribution in [-0.2, 0) is 20.0 Å². The van der Waals surface area contributed by atoms with E-state index < -0.39 is 23.4 Å². The van der Waals surface area contributed by atoms with Gasteiger partial charge in [0.05, 0.1) is 5.56 Å². The second kappa shape index (κ2) is 6.39. The summed E-state index contributed by atoms with van der Waals surface area (Å²) in [5, 5.41) is 3.25. The third kappa shape index (κ3) is 2.87. The lowest BCUT2D eigenvalue weighted by Gasteiger charge is -2.46. The van der Waals surface area contributed by atoms with Crippen LogP contribution < -0.4 is 5.32 Å². The third-order valence-electron chi connectivity index (χ3n) is 4.13. The van der Waals surface area contributed by atoms with Crippen LogP contribution in [-0.4, -0.2) is 29.3 Å². The molecule has 128 valence electrons. The van der Waals surface area contributed by atoms with Crippen LogP contribution in [0, 0.1) is 0 Å². The van der Waals surface area contributed by atoms with Crippen molar-refractivity contribution in [3.63, 3.8) is 0 Å². The molecule has 0 radical (unpaired) electrons. The number of nitrogens with one attached hydrogen (secondary N) is 1. The Morgan fingerprint density at radius 3 is 2.32 bits per heavy atom. The van der Waals surface area contributed by atoms with E-state index in [0.717, 1.165) is 4.90 Å². The molecule has 2 aromatic rings. The van der Waals surface area contributed by atoms with Crippen LogP contribution in [0.2, 0.25) is 0 Å². The molecule has 1 heterocycles. The Morgan fingerprint density at radius 2 is 1.68 bits per heavy atom. The maximum absolute atomic E-state index is 13.0. The van der Waals surface area contributed by atoms with Crippen LogP contribution in [0.4, 0.5) is 5.69 Å². The van der Waals surface area contributed by atoms with Crippen molar-refractivity contribution in [2.45, 2.75) is 19.5 Å². The lowest BCUT2D eigenvalue weighted by molar-refractivity contribution is -0.148. The van der Waals surface area contributed by atoms with Gasteiger partial charge in [-0.3, -0.25) is 14.4 Å². The van der Waals surface area contributed by atoms with Gasteiger partial charge < -0.3 is 10.1 Å². The van der Waals surface area contributed by atoms with Crippen LogP contribution in [0.15, 0.2) is 54.6 Å². The number of rotatable bonds is 3. The van der Waals surface area contributed by atoms with Crippen molar-refractivity contribution in [3.8, 4) is 0 Å². The summed E-state index contributed by atoms with van der Waals surface area (Å²) < 4.78 is 5.24. The topological polar surface area (TPSA) is 75.7 Å². The van der Waals surface area contributed by atoms with Gasteiger partial charge in [-0.15, -0.1) is 0 Å². The number of amides is 2. The fourth-order valence-corrected chi connectivity index (χ4v) is 3.07. The van der Waals surface area contributed by atoms with E-state index >= 15 is 0 Å². The van der Waals surface area contributed by atoms with Crippen molar-refractivity contribution in [1.29, 1.82) is 0 Å². The number of ether oxygens (including phenoxy) is 1. The van der Waals surface area contributed by atoms with Crippen molar-refractivity contribution in [3.05, 3.63) is 65.7 Å². The molecule has 0 aromatic heterocycles. The average Bonchev–Trinajstić information content (AvgIpc) is 2.60. The molecule has 0 bridgehead atoms. The number of hydrogen-bond acceptors (Lipinski definition) is 5. The minimum atomic E-state index is -1.30. The molecule has 3 rings (SSSR count). The first kappa shape index (κ1) is 16.7. The molecular weight excluding hydrogens is 320 g/mol. The van der Waals surface area contributed by atoms with Crippen LogP contribution in [0.25, 0.3) is 0 Å².